The zero-order chi connectivity index (χ0) is 18.5. The predicted molar refractivity (Wildman–Crippen MR) is 110 cm³/mol. The first-order valence-electron chi connectivity index (χ1n) is 10.7. The molecule has 4 rings (SSSR count). The van der Waals surface area contributed by atoms with E-state index in [0.29, 0.717) is 5.41 Å². The van der Waals surface area contributed by atoms with E-state index in [0.717, 1.165) is 19.6 Å². The van der Waals surface area contributed by atoms with Crippen LogP contribution in [0.3, 0.4) is 0 Å². The van der Waals surface area contributed by atoms with Crippen molar-refractivity contribution in [3.8, 4) is 0 Å². The topological polar surface area (TPSA) is 24.3 Å². The number of rotatable bonds is 6. The second kappa shape index (κ2) is 8.57. The summed E-state index contributed by atoms with van der Waals surface area (Å²) in [5.41, 5.74) is 1.93. The van der Waals surface area contributed by atoms with Gasteiger partial charge >= 0.3 is 0 Å². The molecule has 0 amide bonds. The fraction of sp³-hybridized carbons (Fsp3) is 0.609. The second-order valence-electron chi connectivity index (χ2n) is 8.65. The first-order chi connectivity index (χ1) is 13.3. The Kier molecular flexibility index (Phi) is 5.94. The van der Waals surface area contributed by atoms with Gasteiger partial charge in [-0.3, -0.25) is 9.80 Å². The largest absolute Gasteiger partial charge is 0.334 e. The third-order valence-electron chi connectivity index (χ3n) is 6.36. The Morgan fingerprint density at radius 2 is 1.67 bits per heavy atom. The highest BCUT2D eigenvalue weighted by atomic mass is 15.2. The lowest BCUT2D eigenvalue weighted by molar-refractivity contribution is 0.00659. The van der Waals surface area contributed by atoms with E-state index in [4.69, 9.17) is 0 Å². The zero-order valence-corrected chi connectivity index (χ0v) is 16.8. The number of aryl methyl sites for hydroxylation is 1. The third-order valence-corrected chi connectivity index (χ3v) is 6.36. The molecule has 2 aliphatic heterocycles. The smallest absolute Gasteiger partial charge is 0.122 e. The quantitative estimate of drug-likeness (QED) is 0.767. The SMILES string of the molecule is CCCn1ccnc1CN1CCC[C@@]2(CCCN(Cc3ccccc3)C2)C1. The summed E-state index contributed by atoms with van der Waals surface area (Å²) < 4.78 is 2.34. The predicted octanol–water partition coefficient (Wildman–Crippen LogP) is 4.17. The number of likely N-dealkylation sites (tertiary alicyclic amines) is 2. The minimum Gasteiger partial charge on any atom is -0.334 e. The molecule has 1 aromatic heterocycles. The van der Waals surface area contributed by atoms with E-state index in [1.807, 2.05) is 6.20 Å². The highest BCUT2D eigenvalue weighted by Gasteiger charge is 2.39. The molecule has 0 radical (unpaired) electrons. The third kappa shape index (κ3) is 4.61. The van der Waals surface area contributed by atoms with Crippen molar-refractivity contribution in [2.75, 3.05) is 26.2 Å². The monoisotopic (exact) mass is 366 g/mol. The lowest BCUT2D eigenvalue weighted by Gasteiger charge is -2.48. The van der Waals surface area contributed by atoms with Crippen LogP contribution in [0, 0.1) is 5.41 Å². The molecule has 4 heteroatoms. The number of piperidine rings is 2. The molecule has 0 saturated carbocycles. The summed E-state index contributed by atoms with van der Waals surface area (Å²) in [6, 6.07) is 11.0. The molecule has 0 unspecified atom stereocenters. The van der Waals surface area contributed by atoms with Gasteiger partial charge in [-0.25, -0.2) is 4.98 Å². The van der Waals surface area contributed by atoms with Crippen LogP contribution in [0.2, 0.25) is 0 Å². The van der Waals surface area contributed by atoms with Gasteiger partial charge in [-0.05, 0) is 56.2 Å². The average molecular weight is 367 g/mol. The lowest BCUT2D eigenvalue weighted by Crippen LogP contribution is -2.52. The molecule has 1 spiro atoms. The van der Waals surface area contributed by atoms with Crippen LogP contribution in [-0.4, -0.2) is 45.5 Å². The molecule has 0 N–H and O–H groups in total. The van der Waals surface area contributed by atoms with E-state index >= 15 is 0 Å². The Labute approximate surface area is 164 Å². The summed E-state index contributed by atoms with van der Waals surface area (Å²) in [7, 11) is 0. The summed E-state index contributed by atoms with van der Waals surface area (Å²) in [5, 5.41) is 0. The van der Waals surface area contributed by atoms with Crippen molar-refractivity contribution in [1.82, 2.24) is 19.4 Å². The average Bonchev–Trinajstić information content (AvgIpc) is 3.10. The maximum atomic E-state index is 4.64. The zero-order valence-electron chi connectivity index (χ0n) is 16.8. The van der Waals surface area contributed by atoms with Crippen LogP contribution in [0.4, 0.5) is 0 Å². The number of hydrogen-bond acceptors (Lipinski definition) is 3. The summed E-state index contributed by atoms with van der Waals surface area (Å²) in [5.74, 6) is 1.24. The molecular formula is C23H34N4. The number of benzene rings is 1. The molecule has 3 heterocycles. The van der Waals surface area contributed by atoms with Gasteiger partial charge in [-0.1, -0.05) is 37.3 Å². The van der Waals surface area contributed by atoms with Crippen molar-refractivity contribution in [3.63, 3.8) is 0 Å². The van der Waals surface area contributed by atoms with E-state index in [9.17, 15) is 0 Å². The van der Waals surface area contributed by atoms with E-state index in [-0.39, 0.29) is 0 Å². The Bertz CT molecular complexity index is 706. The van der Waals surface area contributed by atoms with Gasteiger partial charge in [-0.15, -0.1) is 0 Å². The lowest BCUT2D eigenvalue weighted by atomic mass is 9.73. The number of aromatic nitrogens is 2. The molecule has 2 aliphatic rings. The van der Waals surface area contributed by atoms with Gasteiger partial charge in [0.1, 0.15) is 5.82 Å². The van der Waals surface area contributed by atoms with Crippen molar-refractivity contribution in [3.05, 3.63) is 54.1 Å². The van der Waals surface area contributed by atoms with Crippen LogP contribution in [0.1, 0.15) is 50.4 Å². The minimum atomic E-state index is 0.480. The fourth-order valence-electron chi connectivity index (χ4n) is 5.20. The van der Waals surface area contributed by atoms with Gasteiger partial charge in [0.2, 0.25) is 0 Å². The van der Waals surface area contributed by atoms with Crippen molar-refractivity contribution >= 4 is 0 Å². The molecule has 2 saturated heterocycles. The van der Waals surface area contributed by atoms with Gasteiger partial charge in [-0.2, -0.15) is 0 Å². The standard InChI is InChI=1S/C23H34N4/c1-2-13-27-16-12-24-22(27)18-26-15-7-11-23(20-26)10-6-14-25(19-23)17-21-8-4-3-5-9-21/h3-5,8-9,12,16H,2,6-7,10-11,13-15,17-20H2,1H3/t23-/m1/s1. The highest BCUT2D eigenvalue weighted by Crippen LogP contribution is 2.39. The maximum absolute atomic E-state index is 4.64. The molecule has 27 heavy (non-hydrogen) atoms. The Balaban J connectivity index is 1.39. The number of hydrogen-bond donors (Lipinski definition) is 0. The van der Waals surface area contributed by atoms with Crippen LogP contribution >= 0.6 is 0 Å². The minimum absolute atomic E-state index is 0.480. The van der Waals surface area contributed by atoms with E-state index in [2.05, 4.69) is 62.8 Å². The first-order valence-corrected chi connectivity index (χ1v) is 10.7. The van der Waals surface area contributed by atoms with Gasteiger partial charge in [0, 0.05) is 38.6 Å². The van der Waals surface area contributed by atoms with Gasteiger partial charge in [0.15, 0.2) is 0 Å². The molecule has 1 aromatic carbocycles. The van der Waals surface area contributed by atoms with E-state index in [1.54, 1.807) is 0 Å². The molecular weight excluding hydrogens is 332 g/mol. The molecule has 146 valence electrons. The van der Waals surface area contributed by atoms with Crippen molar-refractivity contribution in [1.29, 1.82) is 0 Å². The normalized spacial score (nSPS) is 24.5. The summed E-state index contributed by atoms with van der Waals surface area (Å²) in [6.45, 7) is 10.4. The maximum Gasteiger partial charge on any atom is 0.122 e. The van der Waals surface area contributed by atoms with E-state index < -0.39 is 0 Å². The van der Waals surface area contributed by atoms with Crippen LogP contribution in [0.25, 0.3) is 0 Å². The van der Waals surface area contributed by atoms with Crippen LogP contribution in [0.5, 0.6) is 0 Å². The molecule has 4 nitrogen and oxygen atoms in total. The molecule has 0 bridgehead atoms. The molecule has 0 aliphatic carbocycles. The van der Waals surface area contributed by atoms with Crippen molar-refractivity contribution in [2.45, 2.75) is 58.7 Å². The van der Waals surface area contributed by atoms with E-state index in [1.165, 1.54) is 69.7 Å². The van der Waals surface area contributed by atoms with Gasteiger partial charge < -0.3 is 4.57 Å². The van der Waals surface area contributed by atoms with Crippen LogP contribution in [-0.2, 0) is 19.6 Å². The molecule has 1 atom stereocenters. The number of nitrogens with zero attached hydrogens (tertiary/aromatic N) is 4. The summed E-state index contributed by atoms with van der Waals surface area (Å²) in [4.78, 5) is 10.0. The Hall–Kier alpha value is -1.65. The van der Waals surface area contributed by atoms with Crippen molar-refractivity contribution < 1.29 is 0 Å². The van der Waals surface area contributed by atoms with Crippen LogP contribution in [0.15, 0.2) is 42.7 Å². The fourth-order valence-corrected chi connectivity index (χ4v) is 5.20. The van der Waals surface area contributed by atoms with Gasteiger partial charge in [0.05, 0.1) is 6.54 Å². The summed E-state index contributed by atoms with van der Waals surface area (Å²) >= 11 is 0. The number of imidazole rings is 1. The molecule has 2 fully saturated rings. The van der Waals surface area contributed by atoms with Gasteiger partial charge in [0.25, 0.3) is 0 Å². The second-order valence-corrected chi connectivity index (χ2v) is 8.65. The Morgan fingerprint density at radius 3 is 2.37 bits per heavy atom. The van der Waals surface area contributed by atoms with Crippen LogP contribution < -0.4 is 0 Å². The van der Waals surface area contributed by atoms with Crippen molar-refractivity contribution in [2.24, 2.45) is 5.41 Å². The first kappa shape index (κ1) is 18.7. The summed E-state index contributed by atoms with van der Waals surface area (Å²) in [6.07, 6.45) is 10.7. The molecule has 2 aromatic rings. The Morgan fingerprint density at radius 1 is 0.963 bits per heavy atom. The highest BCUT2D eigenvalue weighted by molar-refractivity contribution is 5.14.